The molecule has 2 heterocycles. The normalized spacial score (nSPS) is 11.4. The lowest BCUT2D eigenvalue weighted by Gasteiger charge is -2.06. The van der Waals surface area contributed by atoms with E-state index in [-0.39, 0.29) is 0 Å². The Morgan fingerprint density at radius 2 is 1.80 bits per heavy atom. The molecule has 0 bridgehead atoms. The largest absolute Gasteiger partial charge is 0.365 e. The molecule has 0 saturated heterocycles. The van der Waals surface area contributed by atoms with Gasteiger partial charge in [-0.05, 0) is 22.9 Å². The maximum atomic E-state index is 11.9. The third-order valence-electron chi connectivity index (χ3n) is 3.56. The zero-order valence-corrected chi connectivity index (χ0v) is 10.6. The van der Waals surface area contributed by atoms with Gasteiger partial charge < -0.3 is 5.73 Å². The molecule has 0 aliphatic rings. The average Bonchev–Trinajstić information content (AvgIpc) is 2.82. The number of imidazole rings is 1. The first-order chi connectivity index (χ1) is 9.75. The van der Waals surface area contributed by atoms with E-state index in [1.165, 1.54) is 0 Å². The Morgan fingerprint density at radius 3 is 2.65 bits per heavy atom. The van der Waals surface area contributed by atoms with Gasteiger partial charge in [0.1, 0.15) is 0 Å². The Balaban J connectivity index is 2.34. The van der Waals surface area contributed by atoms with Crippen molar-refractivity contribution in [1.82, 2.24) is 9.38 Å². The fraction of sp³-hybridized carbons (Fsp3) is 0. The number of fused-ring (bicyclic) bond motifs is 4. The summed E-state index contributed by atoms with van der Waals surface area (Å²) in [5.74, 6) is -0.456. The molecule has 4 aromatic rings. The molecule has 0 unspecified atom stereocenters. The van der Waals surface area contributed by atoms with Gasteiger partial charge in [0.05, 0.1) is 16.6 Å². The molecule has 0 fully saturated rings. The summed E-state index contributed by atoms with van der Waals surface area (Å²) in [6.07, 6.45) is 1.99. The highest BCUT2D eigenvalue weighted by atomic mass is 16.1. The third-order valence-corrected chi connectivity index (χ3v) is 3.56. The number of pyridine rings is 1. The standard InChI is InChI=1S/C16H11N3O/c17-15(20)14-11-6-2-1-5-10(11)9-19-13-8-4-3-7-12(13)18-16(14)19/h1-9H,(H2,17,20). The van der Waals surface area contributed by atoms with Gasteiger partial charge in [-0.2, -0.15) is 0 Å². The Kier molecular flexibility index (Phi) is 2.09. The molecule has 2 aromatic heterocycles. The van der Waals surface area contributed by atoms with Crippen molar-refractivity contribution in [2.75, 3.05) is 0 Å². The summed E-state index contributed by atoms with van der Waals surface area (Å²) in [5.41, 5.74) is 8.48. The van der Waals surface area contributed by atoms with E-state index in [1.807, 2.05) is 59.1 Å². The van der Waals surface area contributed by atoms with Crippen LogP contribution in [0.3, 0.4) is 0 Å². The molecule has 20 heavy (non-hydrogen) atoms. The molecule has 4 heteroatoms. The molecular formula is C16H11N3O. The van der Waals surface area contributed by atoms with E-state index in [0.29, 0.717) is 11.2 Å². The van der Waals surface area contributed by atoms with Crippen LogP contribution in [-0.2, 0) is 0 Å². The Bertz CT molecular complexity index is 985. The maximum Gasteiger partial charge on any atom is 0.253 e. The van der Waals surface area contributed by atoms with Gasteiger partial charge >= 0.3 is 0 Å². The highest BCUT2D eigenvalue weighted by molar-refractivity contribution is 6.12. The molecule has 0 atom stereocenters. The molecule has 0 radical (unpaired) electrons. The van der Waals surface area contributed by atoms with E-state index in [2.05, 4.69) is 4.98 Å². The van der Waals surface area contributed by atoms with Gasteiger partial charge in [-0.1, -0.05) is 36.4 Å². The molecular weight excluding hydrogens is 250 g/mol. The number of hydrogen-bond donors (Lipinski definition) is 1. The Morgan fingerprint density at radius 1 is 1.05 bits per heavy atom. The average molecular weight is 261 g/mol. The number of nitrogens with two attached hydrogens (primary N) is 1. The number of rotatable bonds is 1. The summed E-state index contributed by atoms with van der Waals surface area (Å²) in [6.45, 7) is 0. The van der Waals surface area contributed by atoms with Crippen molar-refractivity contribution in [3.63, 3.8) is 0 Å². The van der Waals surface area contributed by atoms with Crippen molar-refractivity contribution in [2.45, 2.75) is 0 Å². The Hall–Kier alpha value is -2.88. The second kappa shape index (κ2) is 3.81. The lowest BCUT2D eigenvalue weighted by atomic mass is 10.1. The number of para-hydroxylation sites is 2. The van der Waals surface area contributed by atoms with Crippen LogP contribution in [0.5, 0.6) is 0 Å². The van der Waals surface area contributed by atoms with Crippen LogP contribution in [0.1, 0.15) is 10.4 Å². The van der Waals surface area contributed by atoms with Crippen LogP contribution < -0.4 is 5.73 Å². The molecule has 0 spiro atoms. The minimum absolute atomic E-state index is 0.456. The minimum Gasteiger partial charge on any atom is -0.365 e. The second-order valence-corrected chi connectivity index (χ2v) is 4.75. The van der Waals surface area contributed by atoms with Gasteiger partial charge in [0.15, 0.2) is 5.65 Å². The van der Waals surface area contributed by atoms with Crippen molar-refractivity contribution in [3.8, 4) is 0 Å². The predicted molar refractivity (Wildman–Crippen MR) is 78.7 cm³/mol. The van der Waals surface area contributed by atoms with Crippen molar-refractivity contribution in [3.05, 3.63) is 60.3 Å². The van der Waals surface area contributed by atoms with Crippen molar-refractivity contribution in [1.29, 1.82) is 0 Å². The van der Waals surface area contributed by atoms with E-state index in [4.69, 9.17) is 5.73 Å². The van der Waals surface area contributed by atoms with Gasteiger partial charge in [0, 0.05) is 6.20 Å². The molecule has 0 aliphatic heterocycles. The number of hydrogen-bond acceptors (Lipinski definition) is 2. The first kappa shape index (κ1) is 11.0. The van der Waals surface area contributed by atoms with E-state index in [1.54, 1.807) is 0 Å². The zero-order chi connectivity index (χ0) is 13.7. The topological polar surface area (TPSA) is 60.4 Å². The van der Waals surface area contributed by atoms with E-state index in [9.17, 15) is 4.79 Å². The molecule has 0 saturated carbocycles. The van der Waals surface area contributed by atoms with E-state index >= 15 is 0 Å². The Labute approximate surface area is 114 Å². The molecule has 2 aromatic carbocycles. The van der Waals surface area contributed by atoms with E-state index in [0.717, 1.165) is 21.8 Å². The summed E-state index contributed by atoms with van der Waals surface area (Å²) >= 11 is 0. The lowest BCUT2D eigenvalue weighted by molar-refractivity contribution is 0.100. The third kappa shape index (κ3) is 1.36. The number of carbonyl (C=O) groups excluding carboxylic acids is 1. The highest BCUT2D eigenvalue weighted by Gasteiger charge is 2.16. The molecule has 1 amide bonds. The highest BCUT2D eigenvalue weighted by Crippen LogP contribution is 2.26. The maximum absolute atomic E-state index is 11.9. The van der Waals surface area contributed by atoms with Crippen LogP contribution >= 0.6 is 0 Å². The van der Waals surface area contributed by atoms with Crippen LogP contribution in [0, 0.1) is 0 Å². The summed E-state index contributed by atoms with van der Waals surface area (Å²) < 4.78 is 1.93. The van der Waals surface area contributed by atoms with Crippen molar-refractivity contribution in [2.24, 2.45) is 5.73 Å². The lowest BCUT2D eigenvalue weighted by Crippen LogP contribution is -2.13. The molecule has 4 rings (SSSR count). The second-order valence-electron chi connectivity index (χ2n) is 4.75. The first-order valence-electron chi connectivity index (χ1n) is 6.34. The van der Waals surface area contributed by atoms with Crippen LogP contribution in [-0.4, -0.2) is 15.3 Å². The van der Waals surface area contributed by atoms with Gasteiger partial charge in [0.25, 0.3) is 5.91 Å². The number of nitrogens with zero attached hydrogens (tertiary/aromatic N) is 2. The smallest absolute Gasteiger partial charge is 0.253 e. The molecule has 2 N–H and O–H groups in total. The first-order valence-corrected chi connectivity index (χ1v) is 6.34. The minimum atomic E-state index is -0.456. The molecule has 96 valence electrons. The van der Waals surface area contributed by atoms with Gasteiger partial charge in [-0.25, -0.2) is 4.98 Å². The predicted octanol–water partition coefficient (Wildman–Crippen LogP) is 2.74. The van der Waals surface area contributed by atoms with Crippen LogP contribution in [0.4, 0.5) is 0 Å². The summed E-state index contributed by atoms with van der Waals surface area (Å²) in [7, 11) is 0. The number of benzene rings is 2. The quantitative estimate of drug-likeness (QED) is 0.572. The van der Waals surface area contributed by atoms with Crippen LogP contribution in [0.2, 0.25) is 0 Å². The zero-order valence-electron chi connectivity index (χ0n) is 10.6. The van der Waals surface area contributed by atoms with Crippen LogP contribution in [0.15, 0.2) is 54.7 Å². The van der Waals surface area contributed by atoms with E-state index < -0.39 is 5.91 Å². The summed E-state index contributed by atoms with van der Waals surface area (Å²) in [4.78, 5) is 16.4. The van der Waals surface area contributed by atoms with Gasteiger partial charge in [-0.3, -0.25) is 9.20 Å². The fourth-order valence-corrected chi connectivity index (χ4v) is 2.69. The number of primary amides is 1. The monoisotopic (exact) mass is 261 g/mol. The SMILES string of the molecule is NC(=O)c1c2ccccc2cn2c1nc1ccccc12. The van der Waals surface area contributed by atoms with Gasteiger partial charge in [-0.15, -0.1) is 0 Å². The van der Waals surface area contributed by atoms with Crippen molar-refractivity contribution >= 4 is 33.4 Å². The van der Waals surface area contributed by atoms with Crippen LogP contribution in [0.25, 0.3) is 27.5 Å². The summed E-state index contributed by atoms with van der Waals surface area (Å²) in [5, 5.41) is 1.81. The number of carbonyl (C=O) groups is 1. The molecule has 4 nitrogen and oxygen atoms in total. The summed E-state index contributed by atoms with van der Waals surface area (Å²) in [6, 6.07) is 15.5. The van der Waals surface area contributed by atoms with Gasteiger partial charge in [0.2, 0.25) is 0 Å². The number of aromatic nitrogens is 2. The molecule has 0 aliphatic carbocycles. The number of amides is 1. The van der Waals surface area contributed by atoms with Crippen molar-refractivity contribution < 1.29 is 4.79 Å². The fourth-order valence-electron chi connectivity index (χ4n) is 2.69.